The normalized spacial score (nSPS) is 21.0. The van der Waals surface area contributed by atoms with Crippen molar-refractivity contribution in [3.05, 3.63) is 34.2 Å². The van der Waals surface area contributed by atoms with Crippen molar-refractivity contribution in [2.75, 3.05) is 31.2 Å². The molecular formula is C15H16N2O2S2. The summed E-state index contributed by atoms with van der Waals surface area (Å²) >= 11 is 6.31. The van der Waals surface area contributed by atoms with Gasteiger partial charge in [0, 0.05) is 18.8 Å². The number of benzene rings is 1. The quantitative estimate of drug-likeness (QED) is 0.669. The van der Waals surface area contributed by atoms with Crippen molar-refractivity contribution in [1.29, 1.82) is 0 Å². The Morgan fingerprint density at radius 2 is 2.14 bits per heavy atom. The minimum absolute atomic E-state index is 0.110. The van der Waals surface area contributed by atoms with Gasteiger partial charge < -0.3 is 15.0 Å². The molecule has 2 aliphatic rings. The molecular weight excluding hydrogens is 304 g/mol. The molecule has 0 aliphatic carbocycles. The van der Waals surface area contributed by atoms with Crippen LogP contribution in [0.2, 0.25) is 0 Å². The number of morpholine rings is 1. The Morgan fingerprint density at radius 1 is 1.38 bits per heavy atom. The lowest BCUT2D eigenvalue weighted by Gasteiger charge is -2.29. The van der Waals surface area contributed by atoms with Crippen LogP contribution in [-0.4, -0.2) is 36.5 Å². The number of nitrogens with zero attached hydrogens (tertiary/aromatic N) is 1. The summed E-state index contributed by atoms with van der Waals surface area (Å²) in [6.45, 7) is 5.46. The van der Waals surface area contributed by atoms with E-state index >= 15 is 0 Å². The highest BCUT2D eigenvalue weighted by molar-refractivity contribution is 8.26. The number of amides is 1. The number of hydrogen-bond donors (Lipinski definition) is 1. The van der Waals surface area contributed by atoms with Crippen LogP contribution in [0, 0.1) is 6.92 Å². The number of aryl methyl sites for hydroxylation is 1. The molecule has 6 heteroatoms. The zero-order valence-electron chi connectivity index (χ0n) is 11.7. The predicted octanol–water partition coefficient (Wildman–Crippen LogP) is 2.32. The molecule has 4 nitrogen and oxygen atoms in total. The molecule has 0 atom stereocenters. The Bertz CT molecular complexity index is 622. The molecule has 0 radical (unpaired) electrons. The van der Waals surface area contributed by atoms with Crippen molar-refractivity contribution in [1.82, 2.24) is 5.32 Å². The monoisotopic (exact) mass is 320 g/mol. The molecule has 2 heterocycles. The first-order valence-electron chi connectivity index (χ1n) is 6.82. The fourth-order valence-electron chi connectivity index (χ4n) is 2.40. The van der Waals surface area contributed by atoms with E-state index < -0.39 is 0 Å². The Morgan fingerprint density at radius 3 is 2.76 bits per heavy atom. The molecule has 0 bridgehead atoms. The van der Waals surface area contributed by atoms with E-state index in [1.807, 2.05) is 6.08 Å². The maximum atomic E-state index is 11.7. The lowest BCUT2D eigenvalue weighted by Crippen LogP contribution is -2.36. The first kappa shape index (κ1) is 14.6. The Labute approximate surface area is 133 Å². The van der Waals surface area contributed by atoms with Gasteiger partial charge in [0.1, 0.15) is 4.32 Å². The van der Waals surface area contributed by atoms with Crippen molar-refractivity contribution in [3.63, 3.8) is 0 Å². The maximum Gasteiger partial charge on any atom is 0.263 e. The first-order chi connectivity index (χ1) is 10.1. The van der Waals surface area contributed by atoms with Gasteiger partial charge in [-0.15, -0.1) is 0 Å². The molecule has 2 fully saturated rings. The summed E-state index contributed by atoms with van der Waals surface area (Å²) in [6.07, 6.45) is 1.90. The third-order valence-corrected chi connectivity index (χ3v) is 4.72. The molecule has 0 saturated carbocycles. The minimum atomic E-state index is -0.110. The van der Waals surface area contributed by atoms with Crippen LogP contribution < -0.4 is 10.2 Å². The standard InChI is InChI=1S/C15H16N2O2S2/c1-10-8-12(17-4-6-19-7-5-17)3-2-11(10)9-13-14(18)16-15(20)21-13/h2-3,8-9H,4-7H2,1H3,(H,16,18,20)/b13-9+. The fraction of sp³-hybridized carbons (Fsp3) is 0.333. The molecule has 0 spiro atoms. The molecule has 1 amide bonds. The highest BCUT2D eigenvalue weighted by atomic mass is 32.2. The predicted molar refractivity (Wildman–Crippen MR) is 90.5 cm³/mol. The second-order valence-corrected chi connectivity index (χ2v) is 6.71. The van der Waals surface area contributed by atoms with Gasteiger partial charge >= 0.3 is 0 Å². The van der Waals surface area contributed by atoms with Gasteiger partial charge in [0.2, 0.25) is 0 Å². The molecule has 1 aromatic carbocycles. The van der Waals surface area contributed by atoms with Gasteiger partial charge in [0.25, 0.3) is 5.91 Å². The molecule has 2 aliphatic heterocycles. The van der Waals surface area contributed by atoms with Gasteiger partial charge in [-0.25, -0.2) is 0 Å². The van der Waals surface area contributed by atoms with Gasteiger partial charge in [-0.2, -0.15) is 0 Å². The second kappa shape index (κ2) is 6.17. The van der Waals surface area contributed by atoms with E-state index in [4.69, 9.17) is 17.0 Å². The van der Waals surface area contributed by atoms with Crippen LogP contribution in [0.15, 0.2) is 23.1 Å². The number of thiocarbonyl (C=S) groups is 1. The first-order valence-corrected chi connectivity index (χ1v) is 8.04. The number of carbonyl (C=O) groups is 1. The summed E-state index contributed by atoms with van der Waals surface area (Å²) in [5.41, 5.74) is 3.41. The van der Waals surface area contributed by atoms with E-state index in [1.54, 1.807) is 0 Å². The van der Waals surface area contributed by atoms with Gasteiger partial charge in [0.15, 0.2) is 0 Å². The average molecular weight is 320 g/mol. The van der Waals surface area contributed by atoms with Crippen LogP contribution in [0.25, 0.3) is 6.08 Å². The van der Waals surface area contributed by atoms with Crippen molar-refractivity contribution in [2.24, 2.45) is 0 Å². The highest BCUT2D eigenvalue weighted by Gasteiger charge is 2.22. The number of hydrogen-bond acceptors (Lipinski definition) is 5. The molecule has 1 aromatic rings. The van der Waals surface area contributed by atoms with E-state index in [0.29, 0.717) is 9.23 Å². The van der Waals surface area contributed by atoms with E-state index in [0.717, 1.165) is 37.4 Å². The number of carbonyl (C=O) groups excluding carboxylic acids is 1. The summed E-state index contributed by atoms with van der Waals surface area (Å²) < 4.78 is 5.90. The summed E-state index contributed by atoms with van der Waals surface area (Å²) in [4.78, 5) is 14.7. The van der Waals surface area contributed by atoms with Crippen LogP contribution >= 0.6 is 24.0 Å². The topological polar surface area (TPSA) is 41.6 Å². The van der Waals surface area contributed by atoms with Gasteiger partial charge in [-0.05, 0) is 36.3 Å². The number of anilines is 1. The van der Waals surface area contributed by atoms with Crippen LogP contribution in [0.3, 0.4) is 0 Å². The SMILES string of the molecule is Cc1cc(N2CCOCC2)ccc1/C=C1/SC(=S)NC1=O. The third kappa shape index (κ3) is 3.28. The van der Waals surface area contributed by atoms with Gasteiger partial charge in [-0.3, -0.25) is 4.79 Å². The molecule has 2 saturated heterocycles. The zero-order valence-corrected chi connectivity index (χ0v) is 13.4. The zero-order chi connectivity index (χ0) is 14.8. The van der Waals surface area contributed by atoms with Crippen molar-refractivity contribution in [2.45, 2.75) is 6.92 Å². The molecule has 1 N–H and O–H groups in total. The van der Waals surface area contributed by atoms with E-state index in [-0.39, 0.29) is 5.91 Å². The number of thioether (sulfide) groups is 1. The van der Waals surface area contributed by atoms with Crippen LogP contribution in [0.4, 0.5) is 5.69 Å². The van der Waals surface area contributed by atoms with E-state index in [2.05, 4.69) is 35.3 Å². The number of nitrogens with one attached hydrogen (secondary N) is 1. The Kier molecular flexibility index (Phi) is 4.28. The number of rotatable bonds is 2. The van der Waals surface area contributed by atoms with Crippen LogP contribution in [0.5, 0.6) is 0 Å². The summed E-state index contributed by atoms with van der Waals surface area (Å²) in [6, 6.07) is 6.32. The Hall–Kier alpha value is -1.37. The fourth-order valence-corrected chi connectivity index (χ4v) is 3.44. The average Bonchev–Trinajstić information content (AvgIpc) is 2.80. The van der Waals surface area contributed by atoms with Crippen molar-refractivity contribution < 1.29 is 9.53 Å². The molecule has 0 unspecified atom stereocenters. The van der Waals surface area contributed by atoms with Crippen LogP contribution in [-0.2, 0) is 9.53 Å². The van der Waals surface area contributed by atoms with E-state index in [1.165, 1.54) is 17.4 Å². The van der Waals surface area contributed by atoms with Gasteiger partial charge in [0.05, 0.1) is 18.1 Å². The summed E-state index contributed by atoms with van der Waals surface area (Å²) in [5.74, 6) is -0.110. The molecule has 110 valence electrons. The van der Waals surface area contributed by atoms with Gasteiger partial charge in [-0.1, -0.05) is 30.0 Å². The van der Waals surface area contributed by atoms with Crippen molar-refractivity contribution in [3.8, 4) is 0 Å². The van der Waals surface area contributed by atoms with E-state index in [9.17, 15) is 4.79 Å². The minimum Gasteiger partial charge on any atom is -0.378 e. The molecule has 21 heavy (non-hydrogen) atoms. The summed E-state index contributed by atoms with van der Waals surface area (Å²) in [5, 5.41) is 2.63. The maximum absolute atomic E-state index is 11.7. The Balaban J connectivity index is 1.83. The molecule has 3 rings (SSSR count). The lowest BCUT2D eigenvalue weighted by atomic mass is 10.1. The largest absolute Gasteiger partial charge is 0.378 e. The highest BCUT2D eigenvalue weighted by Crippen LogP contribution is 2.28. The third-order valence-electron chi connectivity index (χ3n) is 3.56. The van der Waals surface area contributed by atoms with Crippen molar-refractivity contribution >= 4 is 46.0 Å². The second-order valence-electron chi connectivity index (χ2n) is 4.99. The smallest absolute Gasteiger partial charge is 0.263 e. The van der Waals surface area contributed by atoms with Crippen LogP contribution in [0.1, 0.15) is 11.1 Å². The number of ether oxygens (including phenoxy) is 1. The summed E-state index contributed by atoms with van der Waals surface area (Å²) in [7, 11) is 0. The molecule has 0 aromatic heterocycles. The lowest BCUT2D eigenvalue weighted by molar-refractivity contribution is -0.115.